The fourth-order valence-corrected chi connectivity index (χ4v) is 4.33. The standard InChI is InChI=1S/C16H18BrNO2/c1-9-7-11(17)8-10(2)14(9)18-15(19)12-5-3-4-6-13(12)16(18)20/h7-8,12-13H,3-6H2,1-2H3. The SMILES string of the molecule is Cc1cc(Br)cc(C)c1N1C(=O)C2CCCCC2C1=O. The lowest BCUT2D eigenvalue weighted by atomic mass is 9.81. The Kier molecular flexibility index (Phi) is 3.44. The van der Waals surface area contributed by atoms with Crippen molar-refractivity contribution in [3.63, 3.8) is 0 Å². The lowest BCUT2D eigenvalue weighted by Gasteiger charge is -2.20. The normalized spacial score (nSPS) is 26.1. The maximum absolute atomic E-state index is 12.6. The largest absolute Gasteiger partial charge is 0.274 e. The molecule has 20 heavy (non-hydrogen) atoms. The number of rotatable bonds is 1. The Labute approximate surface area is 127 Å². The van der Waals surface area contributed by atoms with Crippen molar-refractivity contribution in [3.05, 3.63) is 27.7 Å². The van der Waals surface area contributed by atoms with Gasteiger partial charge in [-0.3, -0.25) is 9.59 Å². The van der Waals surface area contributed by atoms with Crippen LogP contribution in [0.15, 0.2) is 16.6 Å². The minimum atomic E-state index is -0.0845. The van der Waals surface area contributed by atoms with Gasteiger partial charge in [-0.2, -0.15) is 0 Å². The fraction of sp³-hybridized carbons (Fsp3) is 0.500. The van der Waals surface area contributed by atoms with Crippen molar-refractivity contribution in [3.8, 4) is 0 Å². The summed E-state index contributed by atoms with van der Waals surface area (Å²) >= 11 is 3.46. The maximum Gasteiger partial charge on any atom is 0.237 e. The summed E-state index contributed by atoms with van der Waals surface area (Å²) in [6, 6.07) is 3.93. The topological polar surface area (TPSA) is 37.4 Å². The average Bonchev–Trinajstić information content (AvgIpc) is 2.64. The highest BCUT2D eigenvalue weighted by atomic mass is 79.9. The van der Waals surface area contributed by atoms with Crippen molar-refractivity contribution in [2.45, 2.75) is 39.5 Å². The van der Waals surface area contributed by atoms with Crippen molar-refractivity contribution in [2.24, 2.45) is 11.8 Å². The summed E-state index contributed by atoms with van der Waals surface area (Å²) in [5.74, 6) is -0.154. The summed E-state index contributed by atoms with van der Waals surface area (Å²) in [6.07, 6.45) is 3.85. The predicted molar refractivity (Wildman–Crippen MR) is 81.6 cm³/mol. The van der Waals surface area contributed by atoms with Crippen molar-refractivity contribution >= 4 is 33.4 Å². The van der Waals surface area contributed by atoms with Gasteiger partial charge in [0, 0.05) is 4.47 Å². The molecule has 2 atom stereocenters. The van der Waals surface area contributed by atoms with Gasteiger partial charge in [-0.25, -0.2) is 4.90 Å². The van der Waals surface area contributed by atoms with Crippen LogP contribution in [-0.2, 0) is 9.59 Å². The molecule has 1 heterocycles. The zero-order valence-electron chi connectivity index (χ0n) is 11.8. The number of carbonyl (C=O) groups is 2. The molecule has 106 valence electrons. The van der Waals surface area contributed by atoms with Crippen molar-refractivity contribution in [1.82, 2.24) is 0 Å². The van der Waals surface area contributed by atoms with E-state index >= 15 is 0 Å². The third kappa shape index (κ3) is 2.01. The van der Waals surface area contributed by atoms with E-state index in [1.54, 1.807) is 0 Å². The van der Waals surface area contributed by atoms with Crippen LogP contribution >= 0.6 is 15.9 Å². The molecule has 1 saturated carbocycles. The summed E-state index contributed by atoms with van der Waals surface area (Å²) in [4.78, 5) is 26.7. The summed E-state index contributed by atoms with van der Waals surface area (Å²) < 4.78 is 0.979. The van der Waals surface area contributed by atoms with Crippen LogP contribution in [-0.4, -0.2) is 11.8 Å². The Bertz CT molecular complexity index is 549. The number of hydrogen-bond acceptors (Lipinski definition) is 2. The Balaban J connectivity index is 2.06. The average molecular weight is 336 g/mol. The van der Waals surface area contributed by atoms with Crippen molar-refractivity contribution in [1.29, 1.82) is 0 Å². The van der Waals surface area contributed by atoms with Crippen molar-refractivity contribution in [2.75, 3.05) is 4.90 Å². The summed E-state index contributed by atoms with van der Waals surface area (Å²) in [7, 11) is 0. The molecule has 1 aromatic carbocycles. The number of imide groups is 1. The van der Waals surface area contributed by atoms with E-state index in [-0.39, 0.29) is 23.7 Å². The van der Waals surface area contributed by atoms with Crippen LogP contribution in [0.1, 0.15) is 36.8 Å². The smallest absolute Gasteiger partial charge is 0.237 e. The number of amides is 2. The van der Waals surface area contributed by atoms with E-state index in [9.17, 15) is 9.59 Å². The third-order valence-electron chi connectivity index (χ3n) is 4.52. The molecule has 1 aliphatic heterocycles. The lowest BCUT2D eigenvalue weighted by Crippen LogP contribution is -2.32. The monoisotopic (exact) mass is 335 g/mol. The van der Waals surface area contributed by atoms with Crippen LogP contribution in [0, 0.1) is 25.7 Å². The second-order valence-electron chi connectivity index (χ2n) is 5.90. The lowest BCUT2D eigenvalue weighted by molar-refractivity contribution is -0.122. The van der Waals surface area contributed by atoms with E-state index in [0.29, 0.717) is 0 Å². The zero-order valence-corrected chi connectivity index (χ0v) is 13.4. The first-order chi connectivity index (χ1) is 9.50. The zero-order chi connectivity index (χ0) is 14.4. The Hall–Kier alpha value is -1.16. The van der Waals surface area contributed by atoms with Crippen LogP contribution in [0.2, 0.25) is 0 Å². The van der Waals surface area contributed by atoms with E-state index in [4.69, 9.17) is 0 Å². The van der Waals surface area contributed by atoms with Gasteiger partial charge in [-0.1, -0.05) is 28.8 Å². The molecule has 0 N–H and O–H groups in total. The van der Waals surface area contributed by atoms with Gasteiger partial charge in [0.15, 0.2) is 0 Å². The molecule has 2 amide bonds. The predicted octanol–water partition coefficient (Wildman–Crippen LogP) is 3.75. The van der Waals surface area contributed by atoms with Gasteiger partial charge >= 0.3 is 0 Å². The number of benzene rings is 1. The molecule has 0 aromatic heterocycles. The molecule has 0 radical (unpaired) electrons. The van der Waals surface area contributed by atoms with Gasteiger partial charge in [-0.15, -0.1) is 0 Å². The van der Waals surface area contributed by atoms with Gasteiger partial charge < -0.3 is 0 Å². The first-order valence-electron chi connectivity index (χ1n) is 7.15. The summed E-state index contributed by atoms with van der Waals surface area (Å²) in [5, 5.41) is 0. The summed E-state index contributed by atoms with van der Waals surface area (Å²) in [6.45, 7) is 3.91. The minimum Gasteiger partial charge on any atom is -0.274 e. The van der Waals surface area contributed by atoms with E-state index in [0.717, 1.165) is 47.0 Å². The first kappa shape index (κ1) is 13.8. The molecule has 1 aliphatic carbocycles. The van der Waals surface area contributed by atoms with E-state index in [1.165, 1.54) is 4.90 Å². The van der Waals surface area contributed by atoms with E-state index < -0.39 is 0 Å². The molecular formula is C16H18BrNO2. The number of aryl methyl sites for hydroxylation is 2. The molecule has 2 unspecified atom stereocenters. The van der Waals surface area contributed by atoms with Gasteiger partial charge in [0.25, 0.3) is 0 Å². The van der Waals surface area contributed by atoms with Crippen LogP contribution in [0.3, 0.4) is 0 Å². The Morgan fingerprint density at radius 2 is 1.45 bits per heavy atom. The molecule has 3 rings (SSSR count). The molecule has 2 fully saturated rings. The third-order valence-corrected chi connectivity index (χ3v) is 4.98. The highest BCUT2D eigenvalue weighted by Crippen LogP contribution is 2.42. The van der Waals surface area contributed by atoms with Crippen molar-refractivity contribution < 1.29 is 9.59 Å². The second-order valence-corrected chi connectivity index (χ2v) is 6.81. The molecule has 4 heteroatoms. The van der Waals surface area contributed by atoms with Crippen LogP contribution in [0.4, 0.5) is 5.69 Å². The van der Waals surface area contributed by atoms with Gasteiger partial charge in [0.2, 0.25) is 11.8 Å². The highest BCUT2D eigenvalue weighted by molar-refractivity contribution is 9.10. The minimum absolute atomic E-state index is 0.00761. The number of hydrogen-bond donors (Lipinski definition) is 0. The highest BCUT2D eigenvalue weighted by Gasteiger charge is 2.49. The quantitative estimate of drug-likeness (QED) is 0.733. The van der Waals surface area contributed by atoms with E-state index in [1.807, 2.05) is 26.0 Å². The molecule has 2 aliphatic rings. The van der Waals surface area contributed by atoms with Crippen LogP contribution in [0.25, 0.3) is 0 Å². The number of halogens is 1. The fourth-order valence-electron chi connectivity index (χ4n) is 3.64. The van der Waals surface area contributed by atoms with E-state index in [2.05, 4.69) is 15.9 Å². The molecule has 0 bridgehead atoms. The first-order valence-corrected chi connectivity index (χ1v) is 7.94. The van der Waals surface area contributed by atoms with Crippen LogP contribution < -0.4 is 4.90 Å². The number of anilines is 1. The second kappa shape index (κ2) is 4.99. The molecule has 1 saturated heterocycles. The molecule has 1 aromatic rings. The van der Waals surface area contributed by atoms with Gasteiger partial charge in [0.1, 0.15) is 0 Å². The number of fused-ring (bicyclic) bond motifs is 1. The Morgan fingerprint density at radius 3 is 1.90 bits per heavy atom. The number of carbonyl (C=O) groups excluding carboxylic acids is 2. The summed E-state index contributed by atoms with van der Waals surface area (Å²) in [5.41, 5.74) is 2.73. The van der Waals surface area contributed by atoms with Crippen LogP contribution in [0.5, 0.6) is 0 Å². The molecule has 0 spiro atoms. The van der Waals surface area contributed by atoms with Gasteiger partial charge in [-0.05, 0) is 49.9 Å². The Morgan fingerprint density at radius 1 is 1.00 bits per heavy atom. The molecular weight excluding hydrogens is 318 g/mol. The maximum atomic E-state index is 12.6. The molecule has 3 nitrogen and oxygen atoms in total. The van der Waals surface area contributed by atoms with Gasteiger partial charge in [0.05, 0.1) is 17.5 Å². The number of nitrogens with zero attached hydrogens (tertiary/aromatic N) is 1.